The number of para-hydroxylation sites is 1. The Balaban J connectivity index is 1.40. The number of nitrogens with zero attached hydrogens (tertiary/aromatic N) is 1. The molecule has 0 saturated carbocycles. The van der Waals surface area contributed by atoms with Gasteiger partial charge in [0.2, 0.25) is 0 Å². The number of hydrogen-bond acceptors (Lipinski definition) is 4. The average molecular weight is 416 g/mol. The van der Waals surface area contributed by atoms with Crippen molar-refractivity contribution >= 4 is 23.8 Å². The van der Waals surface area contributed by atoms with E-state index in [2.05, 4.69) is 21.2 Å². The van der Waals surface area contributed by atoms with Crippen LogP contribution in [0.3, 0.4) is 0 Å². The average Bonchev–Trinajstić information content (AvgIpc) is 2.80. The van der Waals surface area contributed by atoms with Gasteiger partial charge in [0.1, 0.15) is 5.75 Å². The summed E-state index contributed by atoms with van der Waals surface area (Å²) in [5.74, 6) is 0.366. The molecule has 0 unspecified atom stereocenters. The van der Waals surface area contributed by atoms with Crippen molar-refractivity contribution in [2.45, 2.75) is 13.0 Å². The summed E-state index contributed by atoms with van der Waals surface area (Å²) in [7, 11) is 0. The first kappa shape index (κ1) is 21.6. The van der Waals surface area contributed by atoms with E-state index in [1.54, 1.807) is 36.4 Å². The fourth-order valence-corrected chi connectivity index (χ4v) is 2.75. The maximum absolute atomic E-state index is 12.1. The summed E-state index contributed by atoms with van der Waals surface area (Å²) in [6.07, 6.45) is 1.52. The molecule has 3 N–H and O–H groups in total. The third kappa shape index (κ3) is 7.32. The molecular weight excluding hydrogens is 392 g/mol. The number of carbonyl (C=O) groups is 2. The summed E-state index contributed by atoms with van der Waals surface area (Å²) in [6.45, 7) is 1.85. The lowest BCUT2D eigenvalue weighted by Gasteiger charge is -2.14. The minimum Gasteiger partial charge on any atom is -0.484 e. The van der Waals surface area contributed by atoms with Crippen molar-refractivity contribution in [3.8, 4) is 5.75 Å². The number of ether oxygens (including phenoxy) is 1. The van der Waals surface area contributed by atoms with Crippen LogP contribution in [0.25, 0.3) is 0 Å². The van der Waals surface area contributed by atoms with E-state index in [9.17, 15) is 9.59 Å². The predicted octanol–water partition coefficient (Wildman–Crippen LogP) is 4.10. The molecule has 31 heavy (non-hydrogen) atoms. The van der Waals surface area contributed by atoms with Crippen LogP contribution < -0.4 is 20.8 Å². The van der Waals surface area contributed by atoms with Gasteiger partial charge in [-0.1, -0.05) is 48.5 Å². The predicted molar refractivity (Wildman–Crippen MR) is 121 cm³/mol. The molecule has 158 valence electrons. The van der Waals surface area contributed by atoms with Gasteiger partial charge in [-0.15, -0.1) is 0 Å². The highest BCUT2D eigenvalue weighted by molar-refractivity contribution is 5.90. The van der Waals surface area contributed by atoms with E-state index in [0.717, 1.165) is 11.1 Å². The van der Waals surface area contributed by atoms with Gasteiger partial charge in [-0.05, 0) is 54.4 Å². The van der Waals surface area contributed by atoms with Gasteiger partial charge in [0, 0.05) is 5.69 Å². The lowest BCUT2D eigenvalue weighted by molar-refractivity contribution is -0.123. The number of anilines is 1. The van der Waals surface area contributed by atoms with Crippen LogP contribution in [0, 0.1) is 0 Å². The van der Waals surface area contributed by atoms with Gasteiger partial charge in [-0.2, -0.15) is 5.10 Å². The SMILES string of the molecule is C[C@@H](NC(=O)COc1ccc(/C=N\NC(=O)Nc2ccccc2)cc1)c1ccccc1. The molecule has 0 bridgehead atoms. The standard InChI is InChI=1S/C24H24N4O3/c1-18(20-8-4-2-5-9-20)26-23(29)17-31-22-14-12-19(13-15-22)16-25-28-24(30)27-21-10-6-3-7-11-21/h2-16,18H,17H2,1H3,(H,26,29)(H2,27,28,30)/b25-16-/t18-/m1/s1. The first-order valence-electron chi connectivity index (χ1n) is 9.82. The second-order valence-electron chi connectivity index (χ2n) is 6.75. The van der Waals surface area contributed by atoms with Crippen LogP contribution in [0.15, 0.2) is 90.0 Å². The molecule has 0 fully saturated rings. The Kier molecular flexibility index (Phi) is 7.77. The number of nitrogens with one attached hydrogen (secondary N) is 3. The van der Waals surface area contributed by atoms with Crippen LogP contribution in [0.5, 0.6) is 5.75 Å². The number of hydrazone groups is 1. The van der Waals surface area contributed by atoms with Crippen molar-refractivity contribution in [1.29, 1.82) is 0 Å². The maximum Gasteiger partial charge on any atom is 0.339 e. The molecule has 0 saturated heterocycles. The number of urea groups is 1. The van der Waals surface area contributed by atoms with E-state index in [-0.39, 0.29) is 18.6 Å². The fourth-order valence-electron chi connectivity index (χ4n) is 2.75. The van der Waals surface area contributed by atoms with E-state index < -0.39 is 6.03 Å². The first-order valence-corrected chi connectivity index (χ1v) is 9.82. The van der Waals surface area contributed by atoms with Crippen LogP contribution in [0.4, 0.5) is 10.5 Å². The van der Waals surface area contributed by atoms with Gasteiger partial charge in [0.25, 0.3) is 5.91 Å². The van der Waals surface area contributed by atoms with Crippen molar-refractivity contribution in [2.75, 3.05) is 11.9 Å². The molecule has 7 heteroatoms. The zero-order valence-corrected chi connectivity index (χ0v) is 17.1. The molecule has 0 heterocycles. The number of hydrogen-bond donors (Lipinski definition) is 3. The molecule has 1 atom stereocenters. The van der Waals surface area contributed by atoms with Gasteiger partial charge < -0.3 is 15.4 Å². The highest BCUT2D eigenvalue weighted by Gasteiger charge is 2.09. The van der Waals surface area contributed by atoms with E-state index in [1.165, 1.54) is 6.21 Å². The normalized spacial score (nSPS) is 11.5. The fraction of sp³-hybridized carbons (Fsp3) is 0.125. The first-order chi connectivity index (χ1) is 15.1. The van der Waals surface area contributed by atoms with Crippen molar-refractivity contribution in [3.63, 3.8) is 0 Å². The smallest absolute Gasteiger partial charge is 0.339 e. The van der Waals surface area contributed by atoms with Gasteiger partial charge in [-0.3, -0.25) is 4.79 Å². The zero-order chi connectivity index (χ0) is 21.9. The third-order valence-corrected chi connectivity index (χ3v) is 4.34. The van der Waals surface area contributed by atoms with Crippen LogP contribution in [-0.2, 0) is 4.79 Å². The van der Waals surface area contributed by atoms with E-state index in [0.29, 0.717) is 11.4 Å². The molecule has 0 radical (unpaired) electrons. The van der Waals surface area contributed by atoms with Crippen LogP contribution in [0.1, 0.15) is 24.1 Å². The second kappa shape index (κ2) is 11.2. The molecule has 0 aliphatic carbocycles. The summed E-state index contributed by atoms with van der Waals surface area (Å²) in [6, 6.07) is 25.3. The molecular formula is C24H24N4O3. The Morgan fingerprint density at radius 2 is 1.58 bits per heavy atom. The Morgan fingerprint density at radius 3 is 2.26 bits per heavy atom. The number of carbonyl (C=O) groups excluding carboxylic acids is 2. The molecule has 7 nitrogen and oxygen atoms in total. The van der Waals surface area contributed by atoms with Gasteiger partial charge >= 0.3 is 6.03 Å². The van der Waals surface area contributed by atoms with Crippen LogP contribution in [0.2, 0.25) is 0 Å². The van der Waals surface area contributed by atoms with E-state index >= 15 is 0 Å². The molecule has 3 aromatic carbocycles. The van der Waals surface area contributed by atoms with Crippen LogP contribution in [-0.4, -0.2) is 24.8 Å². The summed E-state index contributed by atoms with van der Waals surface area (Å²) < 4.78 is 5.53. The Bertz CT molecular complexity index is 1010. The van der Waals surface area contributed by atoms with E-state index in [4.69, 9.17) is 4.74 Å². The Hall–Kier alpha value is -4.13. The molecule has 3 amide bonds. The van der Waals surface area contributed by atoms with Gasteiger partial charge in [-0.25, -0.2) is 10.2 Å². The maximum atomic E-state index is 12.1. The molecule has 0 spiro atoms. The minimum absolute atomic E-state index is 0.0776. The number of benzene rings is 3. The van der Waals surface area contributed by atoms with Crippen LogP contribution >= 0.6 is 0 Å². The highest BCUT2D eigenvalue weighted by atomic mass is 16.5. The molecule has 3 aromatic rings. The number of amides is 3. The monoisotopic (exact) mass is 416 g/mol. The number of rotatable bonds is 8. The van der Waals surface area contributed by atoms with Crippen molar-refractivity contribution in [1.82, 2.24) is 10.7 Å². The van der Waals surface area contributed by atoms with Crippen molar-refractivity contribution in [3.05, 3.63) is 96.1 Å². The highest BCUT2D eigenvalue weighted by Crippen LogP contribution is 2.13. The quantitative estimate of drug-likeness (QED) is 0.381. The molecule has 0 aliphatic rings. The van der Waals surface area contributed by atoms with Crippen molar-refractivity contribution in [2.24, 2.45) is 5.10 Å². The summed E-state index contributed by atoms with van der Waals surface area (Å²) in [5.41, 5.74) is 4.89. The largest absolute Gasteiger partial charge is 0.484 e. The summed E-state index contributed by atoms with van der Waals surface area (Å²) in [5, 5.41) is 9.48. The lowest BCUT2D eigenvalue weighted by atomic mass is 10.1. The van der Waals surface area contributed by atoms with E-state index in [1.807, 2.05) is 55.5 Å². The second-order valence-corrected chi connectivity index (χ2v) is 6.75. The molecule has 3 rings (SSSR count). The summed E-state index contributed by atoms with van der Waals surface area (Å²) in [4.78, 5) is 23.9. The van der Waals surface area contributed by atoms with Gasteiger partial charge in [0.15, 0.2) is 6.61 Å². The lowest BCUT2D eigenvalue weighted by Crippen LogP contribution is -2.31. The van der Waals surface area contributed by atoms with Gasteiger partial charge in [0.05, 0.1) is 12.3 Å². The molecule has 0 aliphatic heterocycles. The third-order valence-electron chi connectivity index (χ3n) is 4.34. The Morgan fingerprint density at radius 1 is 0.935 bits per heavy atom. The van der Waals surface area contributed by atoms with Crippen molar-refractivity contribution < 1.29 is 14.3 Å². The topological polar surface area (TPSA) is 91.8 Å². The minimum atomic E-state index is -0.432. The summed E-state index contributed by atoms with van der Waals surface area (Å²) >= 11 is 0. The Labute approximate surface area is 181 Å². The molecule has 0 aromatic heterocycles. The zero-order valence-electron chi connectivity index (χ0n) is 17.1.